The molecule has 1 aliphatic rings. The number of nitrogens with zero attached hydrogens (tertiary/aromatic N) is 2. The first-order valence-corrected chi connectivity index (χ1v) is 8.21. The van der Waals surface area contributed by atoms with Crippen molar-refractivity contribution >= 4 is 45.6 Å². The lowest BCUT2D eigenvalue weighted by Crippen LogP contribution is -2.12. The molecule has 2 aromatic heterocycles. The van der Waals surface area contributed by atoms with E-state index in [0.29, 0.717) is 16.6 Å². The highest BCUT2D eigenvalue weighted by Crippen LogP contribution is 2.32. The third-order valence-corrected chi connectivity index (χ3v) is 5.19. The van der Waals surface area contributed by atoms with Gasteiger partial charge in [0.05, 0.1) is 16.3 Å². The molecule has 3 rings (SSSR count). The number of aryl methyl sites for hydroxylation is 1. The minimum atomic E-state index is -0.278. The number of carbonyl (C=O) groups excluding carboxylic acids is 1. The summed E-state index contributed by atoms with van der Waals surface area (Å²) in [5.74, 6) is 0.404. The fourth-order valence-corrected chi connectivity index (χ4v) is 3.74. The summed E-state index contributed by atoms with van der Waals surface area (Å²) < 4.78 is 0. The zero-order valence-corrected chi connectivity index (χ0v) is 13.6. The van der Waals surface area contributed by atoms with E-state index in [1.54, 1.807) is 11.3 Å². The predicted octanol–water partition coefficient (Wildman–Crippen LogP) is 4.22. The van der Waals surface area contributed by atoms with Gasteiger partial charge >= 0.3 is 0 Å². The van der Waals surface area contributed by atoms with Gasteiger partial charge in [0.25, 0.3) is 5.91 Å². The molecule has 4 nitrogen and oxygen atoms in total. The highest BCUT2D eigenvalue weighted by molar-refractivity contribution is 7.15. The van der Waals surface area contributed by atoms with Crippen LogP contribution in [0.5, 0.6) is 0 Å². The summed E-state index contributed by atoms with van der Waals surface area (Å²) >= 11 is 13.2. The fraction of sp³-hybridized carbons (Fsp3) is 0.357. The number of thiazole rings is 1. The standard InChI is InChI=1S/C14H13Cl2N3OS/c1-7-2-3-10-11(4-7)21-14(18-10)19-13(20)8-5-9(15)12(16)17-6-8/h5-7H,2-4H2,1H3,(H,18,19,20)/t7-/m0/s1. The van der Waals surface area contributed by atoms with Crippen LogP contribution in [0.15, 0.2) is 12.3 Å². The van der Waals surface area contributed by atoms with Gasteiger partial charge in [-0.3, -0.25) is 10.1 Å². The van der Waals surface area contributed by atoms with Gasteiger partial charge in [0.15, 0.2) is 5.13 Å². The van der Waals surface area contributed by atoms with Crippen molar-refractivity contribution in [1.82, 2.24) is 9.97 Å². The predicted molar refractivity (Wildman–Crippen MR) is 85.5 cm³/mol. The molecule has 0 spiro atoms. The number of hydrogen-bond donors (Lipinski definition) is 1. The second-order valence-corrected chi connectivity index (χ2v) is 7.04. The van der Waals surface area contributed by atoms with Gasteiger partial charge in [-0.2, -0.15) is 0 Å². The maximum absolute atomic E-state index is 12.2. The van der Waals surface area contributed by atoms with Crippen molar-refractivity contribution in [3.05, 3.63) is 38.6 Å². The van der Waals surface area contributed by atoms with Crippen molar-refractivity contribution in [2.24, 2.45) is 5.92 Å². The molecule has 0 fully saturated rings. The third kappa shape index (κ3) is 3.20. The number of hydrogen-bond acceptors (Lipinski definition) is 4. The Balaban J connectivity index is 1.77. The number of aromatic nitrogens is 2. The molecule has 2 heterocycles. The number of nitrogens with one attached hydrogen (secondary N) is 1. The van der Waals surface area contributed by atoms with Gasteiger partial charge in [0.1, 0.15) is 5.15 Å². The number of carbonyl (C=O) groups is 1. The molecule has 21 heavy (non-hydrogen) atoms. The molecule has 1 N–H and O–H groups in total. The first-order valence-electron chi connectivity index (χ1n) is 6.64. The average molecular weight is 342 g/mol. The molecule has 0 aromatic carbocycles. The zero-order chi connectivity index (χ0) is 15.0. The minimum Gasteiger partial charge on any atom is -0.298 e. The molecule has 0 radical (unpaired) electrons. The molecule has 110 valence electrons. The van der Waals surface area contributed by atoms with E-state index in [4.69, 9.17) is 23.2 Å². The van der Waals surface area contributed by atoms with Crippen molar-refractivity contribution in [1.29, 1.82) is 0 Å². The van der Waals surface area contributed by atoms with Gasteiger partial charge in [-0.15, -0.1) is 11.3 Å². The zero-order valence-electron chi connectivity index (χ0n) is 11.3. The molecular weight excluding hydrogens is 329 g/mol. The molecule has 0 aliphatic heterocycles. The Morgan fingerprint density at radius 2 is 2.29 bits per heavy atom. The van der Waals surface area contributed by atoms with Crippen LogP contribution in [-0.4, -0.2) is 15.9 Å². The Labute approximate surface area is 136 Å². The van der Waals surface area contributed by atoms with E-state index < -0.39 is 0 Å². The van der Waals surface area contributed by atoms with Crippen molar-refractivity contribution in [2.45, 2.75) is 26.2 Å². The summed E-state index contributed by atoms with van der Waals surface area (Å²) in [6, 6.07) is 1.50. The Morgan fingerprint density at radius 1 is 1.48 bits per heavy atom. The molecule has 1 amide bonds. The van der Waals surface area contributed by atoms with Gasteiger partial charge in [0.2, 0.25) is 0 Å². The quantitative estimate of drug-likeness (QED) is 0.832. The van der Waals surface area contributed by atoms with Crippen molar-refractivity contribution in [2.75, 3.05) is 5.32 Å². The minimum absolute atomic E-state index is 0.187. The van der Waals surface area contributed by atoms with E-state index >= 15 is 0 Å². The highest BCUT2D eigenvalue weighted by Gasteiger charge is 2.20. The normalized spacial score (nSPS) is 17.4. The molecule has 0 saturated carbocycles. The summed E-state index contributed by atoms with van der Waals surface area (Å²) in [5.41, 5.74) is 1.48. The van der Waals surface area contributed by atoms with Crippen LogP contribution in [0.25, 0.3) is 0 Å². The van der Waals surface area contributed by atoms with Gasteiger partial charge in [-0.05, 0) is 31.2 Å². The second kappa shape index (κ2) is 5.91. The van der Waals surface area contributed by atoms with Crippen LogP contribution in [-0.2, 0) is 12.8 Å². The smallest absolute Gasteiger partial charge is 0.259 e. The van der Waals surface area contributed by atoms with Crippen LogP contribution < -0.4 is 5.32 Å². The number of rotatable bonds is 2. The molecule has 2 aromatic rings. The molecule has 0 unspecified atom stereocenters. The van der Waals surface area contributed by atoms with Gasteiger partial charge in [0, 0.05) is 11.1 Å². The van der Waals surface area contributed by atoms with Crippen molar-refractivity contribution < 1.29 is 4.79 Å². The van der Waals surface area contributed by atoms with Crippen LogP contribution in [0.4, 0.5) is 5.13 Å². The van der Waals surface area contributed by atoms with Crippen LogP contribution >= 0.6 is 34.5 Å². The monoisotopic (exact) mass is 341 g/mol. The summed E-state index contributed by atoms with van der Waals surface area (Å²) in [7, 11) is 0. The van der Waals surface area contributed by atoms with E-state index in [1.807, 2.05) is 0 Å². The number of fused-ring (bicyclic) bond motifs is 1. The topological polar surface area (TPSA) is 54.9 Å². The van der Waals surface area contributed by atoms with Crippen molar-refractivity contribution in [3.8, 4) is 0 Å². The number of halogens is 2. The fourth-order valence-electron chi connectivity index (χ4n) is 2.31. The van der Waals surface area contributed by atoms with Crippen molar-refractivity contribution in [3.63, 3.8) is 0 Å². The summed E-state index contributed by atoms with van der Waals surface area (Å²) in [5, 5.41) is 3.88. The summed E-state index contributed by atoms with van der Waals surface area (Å²) in [4.78, 5) is 21.8. The largest absolute Gasteiger partial charge is 0.298 e. The highest BCUT2D eigenvalue weighted by atomic mass is 35.5. The van der Waals surface area contributed by atoms with E-state index in [9.17, 15) is 4.79 Å². The van der Waals surface area contributed by atoms with Crippen LogP contribution in [0.2, 0.25) is 10.2 Å². The Hall–Kier alpha value is -1.17. The lowest BCUT2D eigenvalue weighted by molar-refractivity contribution is 0.102. The van der Waals surface area contributed by atoms with E-state index in [1.165, 1.54) is 17.1 Å². The molecule has 7 heteroatoms. The van der Waals surface area contributed by atoms with Crippen LogP contribution in [0, 0.1) is 5.92 Å². The summed E-state index contributed by atoms with van der Waals surface area (Å²) in [6.45, 7) is 2.24. The van der Waals surface area contributed by atoms with Gasteiger partial charge in [-0.25, -0.2) is 9.97 Å². The Bertz CT molecular complexity index is 702. The third-order valence-electron chi connectivity index (χ3n) is 3.46. The number of amides is 1. The van der Waals surface area contributed by atoms with Crippen LogP contribution in [0.3, 0.4) is 0 Å². The molecular formula is C14H13Cl2N3OS. The van der Waals surface area contributed by atoms with Crippen LogP contribution in [0.1, 0.15) is 34.3 Å². The average Bonchev–Trinajstić information content (AvgIpc) is 2.83. The molecule has 0 saturated heterocycles. The first kappa shape index (κ1) is 14.8. The van der Waals surface area contributed by atoms with Gasteiger partial charge < -0.3 is 0 Å². The lowest BCUT2D eigenvalue weighted by Gasteiger charge is -2.15. The van der Waals surface area contributed by atoms with E-state index in [2.05, 4.69) is 22.2 Å². The van der Waals surface area contributed by atoms with Gasteiger partial charge in [-0.1, -0.05) is 30.1 Å². The van der Waals surface area contributed by atoms with E-state index in [0.717, 1.165) is 25.0 Å². The summed E-state index contributed by atoms with van der Waals surface area (Å²) in [6.07, 6.45) is 4.58. The molecule has 0 bridgehead atoms. The lowest BCUT2D eigenvalue weighted by atomic mass is 9.93. The molecule has 1 atom stereocenters. The maximum Gasteiger partial charge on any atom is 0.259 e. The Kier molecular flexibility index (Phi) is 4.15. The van der Waals surface area contributed by atoms with E-state index in [-0.39, 0.29) is 16.1 Å². The molecule has 1 aliphatic carbocycles. The SMILES string of the molecule is C[C@H]1CCc2nc(NC(=O)c3cnc(Cl)c(Cl)c3)sc2C1. The Morgan fingerprint density at radius 3 is 3.05 bits per heavy atom. The number of pyridine rings is 1. The maximum atomic E-state index is 12.2. The second-order valence-electron chi connectivity index (χ2n) is 5.19. The first-order chi connectivity index (χ1) is 10.0. The number of anilines is 1.